The molecule has 0 aliphatic heterocycles. The van der Waals surface area contributed by atoms with Crippen molar-refractivity contribution < 1.29 is 8.42 Å². The molecule has 0 atom stereocenters. The molecule has 1 aromatic rings. The maximum Gasteiger partial charge on any atom is 0.214 e. The number of nitrogens with one attached hydrogen (secondary N) is 2. The predicted molar refractivity (Wildman–Crippen MR) is 114 cm³/mol. The smallest absolute Gasteiger partial charge is 0.214 e. The molecule has 1 aromatic carbocycles. The quantitative estimate of drug-likeness (QED) is 0.684. The molecule has 0 bridgehead atoms. The van der Waals surface area contributed by atoms with Crippen molar-refractivity contribution >= 4 is 15.7 Å². The van der Waals surface area contributed by atoms with Gasteiger partial charge in [-0.25, -0.2) is 13.1 Å². The van der Waals surface area contributed by atoms with Crippen LogP contribution in [0.15, 0.2) is 24.3 Å². The highest BCUT2D eigenvalue weighted by molar-refractivity contribution is 7.90. The van der Waals surface area contributed by atoms with Crippen LogP contribution in [0, 0.1) is 5.92 Å². The molecule has 0 radical (unpaired) electrons. The lowest BCUT2D eigenvalue weighted by atomic mass is 9.84. The lowest BCUT2D eigenvalue weighted by molar-refractivity contribution is 0.323. The highest BCUT2D eigenvalue weighted by atomic mass is 32.2. The van der Waals surface area contributed by atoms with Crippen LogP contribution in [0.4, 0.5) is 5.69 Å². The van der Waals surface area contributed by atoms with E-state index in [0.29, 0.717) is 5.92 Å². The molecule has 2 aliphatic carbocycles. The molecular weight excluding hydrogens is 356 g/mol. The Morgan fingerprint density at radius 2 is 1.56 bits per heavy atom. The van der Waals surface area contributed by atoms with E-state index in [9.17, 15) is 8.42 Å². The number of hydrogen-bond donors (Lipinski definition) is 2. The van der Waals surface area contributed by atoms with Gasteiger partial charge in [-0.15, -0.1) is 0 Å². The Kier molecular flexibility index (Phi) is 7.21. The molecule has 0 spiro atoms. The monoisotopic (exact) mass is 392 g/mol. The number of anilines is 1. The van der Waals surface area contributed by atoms with Gasteiger partial charge in [0.05, 0.1) is 5.25 Å². The average Bonchev–Trinajstić information content (AvgIpc) is 2.68. The molecule has 4 nitrogen and oxygen atoms in total. The van der Waals surface area contributed by atoms with Gasteiger partial charge < -0.3 is 5.32 Å². The van der Waals surface area contributed by atoms with Gasteiger partial charge in [0.2, 0.25) is 10.0 Å². The van der Waals surface area contributed by atoms with Crippen molar-refractivity contribution in [2.75, 3.05) is 11.9 Å². The molecule has 2 saturated carbocycles. The molecule has 0 unspecified atom stereocenters. The summed E-state index contributed by atoms with van der Waals surface area (Å²) in [4.78, 5) is 0. The Morgan fingerprint density at radius 1 is 0.926 bits per heavy atom. The third kappa shape index (κ3) is 5.95. The Balaban J connectivity index is 1.41. The largest absolute Gasteiger partial charge is 0.385 e. The van der Waals surface area contributed by atoms with Crippen LogP contribution in [0.3, 0.4) is 0 Å². The lowest BCUT2D eigenvalue weighted by Gasteiger charge is -2.30. The van der Waals surface area contributed by atoms with Gasteiger partial charge in [0, 0.05) is 18.3 Å². The first kappa shape index (κ1) is 20.7. The summed E-state index contributed by atoms with van der Waals surface area (Å²) in [6, 6.07) is 9.17. The molecule has 5 heteroatoms. The summed E-state index contributed by atoms with van der Waals surface area (Å²) in [5.41, 5.74) is 2.70. The Bertz CT molecular complexity index is 671. The molecule has 0 amide bonds. The van der Waals surface area contributed by atoms with Crippen LogP contribution in [0.1, 0.15) is 83.1 Å². The number of hydrogen-bond acceptors (Lipinski definition) is 3. The minimum absolute atomic E-state index is 0.114. The summed E-state index contributed by atoms with van der Waals surface area (Å²) in [7, 11) is -3.15. The molecule has 2 N–H and O–H groups in total. The number of benzene rings is 1. The lowest BCUT2D eigenvalue weighted by Crippen LogP contribution is -2.41. The third-order valence-electron chi connectivity index (χ3n) is 6.38. The van der Waals surface area contributed by atoms with Crippen LogP contribution < -0.4 is 10.0 Å². The van der Waals surface area contributed by atoms with E-state index in [1.54, 1.807) is 13.8 Å². The fraction of sp³-hybridized carbons (Fsp3) is 0.727. The van der Waals surface area contributed by atoms with Gasteiger partial charge in [-0.2, -0.15) is 0 Å². The molecule has 3 rings (SSSR count). The van der Waals surface area contributed by atoms with Crippen LogP contribution in [0.2, 0.25) is 0 Å². The van der Waals surface area contributed by atoms with Gasteiger partial charge in [-0.1, -0.05) is 31.4 Å². The van der Waals surface area contributed by atoms with Crippen LogP contribution >= 0.6 is 0 Å². The summed E-state index contributed by atoms with van der Waals surface area (Å²) in [5, 5.41) is 3.23. The summed E-state index contributed by atoms with van der Waals surface area (Å²) in [5.74, 6) is 1.39. The Hall–Kier alpha value is -1.07. The highest BCUT2D eigenvalue weighted by Gasteiger charge is 2.26. The second-order valence-electron chi connectivity index (χ2n) is 8.77. The number of sulfonamides is 1. The van der Waals surface area contributed by atoms with E-state index in [0.717, 1.165) is 38.1 Å². The van der Waals surface area contributed by atoms with Gasteiger partial charge in [-0.3, -0.25) is 0 Å². The molecular formula is C22H36N2O2S. The van der Waals surface area contributed by atoms with Crippen molar-refractivity contribution in [3.63, 3.8) is 0 Å². The summed E-state index contributed by atoms with van der Waals surface area (Å²) in [6.45, 7) is 4.45. The van der Waals surface area contributed by atoms with E-state index in [1.165, 1.54) is 43.4 Å². The molecule has 27 heavy (non-hydrogen) atoms. The number of rotatable bonds is 7. The molecule has 2 aliphatic rings. The third-order valence-corrected chi connectivity index (χ3v) is 8.28. The summed E-state index contributed by atoms with van der Waals surface area (Å²) < 4.78 is 26.9. The van der Waals surface area contributed by atoms with Gasteiger partial charge in [-0.05, 0) is 81.9 Å². The maximum atomic E-state index is 12.0. The van der Waals surface area contributed by atoms with Crippen LogP contribution in [-0.4, -0.2) is 26.3 Å². The minimum Gasteiger partial charge on any atom is -0.385 e. The van der Waals surface area contributed by atoms with Crippen molar-refractivity contribution in [3.05, 3.63) is 29.8 Å². The Labute approximate surface area is 165 Å². The fourth-order valence-corrected chi connectivity index (χ4v) is 5.40. The summed E-state index contributed by atoms with van der Waals surface area (Å²) >= 11 is 0. The van der Waals surface area contributed by atoms with E-state index in [2.05, 4.69) is 34.3 Å². The topological polar surface area (TPSA) is 58.2 Å². The zero-order valence-electron chi connectivity index (χ0n) is 16.9. The Morgan fingerprint density at radius 3 is 2.15 bits per heavy atom. The first-order chi connectivity index (χ1) is 12.9. The van der Waals surface area contributed by atoms with Crippen molar-refractivity contribution in [2.45, 2.75) is 88.8 Å². The predicted octanol–water partition coefficient (Wildman–Crippen LogP) is 5.03. The fourth-order valence-electron chi connectivity index (χ4n) is 4.42. The van der Waals surface area contributed by atoms with Crippen molar-refractivity contribution in [1.82, 2.24) is 4.72 Å². The van der Waals surface area contributed by atoms with E-state index in [4.69, 9.17) is 0 Å². The zero-order valence-corrected chi connectivity index (χ0v) is 17.7. The molecule has 2 fully saturated rings. The van der Waals surface area contributed by atoms with E-state index in [-0.39, 0.29) is 11.3 Å². The van der Waals surface area contributed by atoms with Crippen molar-refractivity contribution in [2.24, 2.45) is 5.92 Å². The SMILES string of the molecule is CC(C)S(=O)(=O)N[C@H]1CC[C@H](CNc2ccc(C3CCCCC3)cc2)CC1. The van der Waals surface area contributed by atoms with Gasteiger partial charge in [0.25, 0.3) is 0 Å². The first-order valence-electron chi connectivity index (χ1n) is 10.8. The van der Waals surface area contributed by atoms with Crippen molar-refractivity contribution in [3.8, 4) is 0 Å². The first-order valence-corrected chi connectivity index (χ1v) is 12.3. The van der Waals surface area contributed by atoms with Gasteiger partial charge in [0.15, 0.2) is 0 Å². The minimum atomic E-state index is -3.15. The van der Waals surface area contributed by atoms with Crippen LogP contribution in [-0.2, 0) is 10.0 Å². The van der Waals surface area contributed by atoms with Gasteiger partial charge >= 0.3 is 0 Å². The van der Waals surface area contributed by atoms with Crippen molar-refractivity contribution in [1.29, 1.82) is 0 Å². The molecule has 0 heterocycles. The van der Waals surface area contributed by atoms with E-state index in [1.807, 2.05) is 0 Å². The standard InChI is InChI=1S/C22H36N2O2S/c1-17(2)27(25,26)24-22-12-8-18(9-13-22)16-23-21-14-10-20(11-15-21)19-6-4-3-5-7-19/h10-11,14-15,17-19,22-24H,3-9,12-13,16H2,1-2H3/t18-,22-. The second-order valence-corrected chi connectivity index (χ2v) is 11.0. The second kappa shape index (κ2) is 9.42. The van der Waals surface area contributed by atoms with E-state index < -0.39 is 10.0 Å². The molecule has 0 aromatic heterocycles. The summed E-state index contributed by atoms with van der Waals surface area (Å²) in [6.07, 6.45) is 10.9. The van der Waals surface area contributed by atoms with Gasteiger partial charge in [0.1, 0.15) is 0 Å². The molecule has 0 saturated heterocycles. The van der Waals surface area contributed by atoms with E-state index >= 15 is 0 Å². The zero-order chi connectivity index (χ0) is 19.3. The normalized spacial score (nSPS) is 24.9. The highest BCUT2D eigenvalue weighted by Crippen LogP contribution is 2.33. The van der Waals surface area contributed by atoms with Crippen LogP contribution in [0.25, 0.3) is 0 Å². The average molecular weight is 393 g/mol. The molecule has 152 valence electrons. The van der Waals surface area contributed by atoms with Crippen LogP contribution in [0.5, 0.6) is 0 Å². The maximum absolute atomic E-state index is 12.0.